The van der Waals surface area contributed by atoms with Crippen molar-refractivity contribution in [3.63, 3.8) is 0 Å². The zero-order valence-electron chi connectivity index (χ0n) is 14.0. The summed E-state index contributed by atoms with van der Waals surface area (Å²) in [6, 6.07) is 14.3. The molecule has 1 aliphatic heterocycles. The van der Waals surface area contributed by atoms with Crippen LogP contribution in [0.4, 0.5) is 10.1 Å². The Hall–Kier alpha value is -2.67. The van der Waals surface area contributed by atoms with Crippen LogP contribution in [0.15, 0.2) is 60.9 Å². The standard InChI is InChI=1S/C19H18FN3O2S/c20-17-2-1-3-19(12-17)23-14-16(13-21-23)15-4-6-18(7-5-15)22-8-10-26(24,25)11-9-22/h1-7,12-14H,8-11H2. The fourth-order valence-corrected chi connectivity index (χ4v) is 4.27. The number of rotatable bonds is 3. The van der Waals surface area contributed by atoms with Crippen LogP contribution in [0.25, 0.3) is 16.8 Å². The molecule has 2 heterocycles. The highest BCUT2D eigenvalue weighted by Gasteiger charge is 2.21. The van der Waals surface area contributed by atoms with Crippen molar-refractivity contribution in [3.05, 3.63) is 66.7 Å². The molecule has 1 aromatic heterocycles. The number of benzene rings is 2. The first kappa shape index (κ1) is 16.8. The monoisotopic (exact) mass is 371 g/mol. The van der Waals surface area contributed by atoms with Gasteiger partial charge in [-0.3, -0.25) is 0 Å². The first-order valence-corrected chi connectivity index (χ1v) is 10.2. The van der Waals surface area contributed by atoms with Gasteiger partial charge in [0.2, 0.25) is 0 Å². The average molecular weight is 371 g/mol. The van der Waals surface area contributed by atoms with E-state index in [0.717, 1.165) is 16.8 Å². The summed E-state index contributed by atoms with van der Waals surface area (Å²) in [5.74, 6) is 0.108. The summed E-state index contributed by atoms with van der Waals surface area (Å²) < 4.78 is 38.1. The van der Waals surface area contributed by atoms with Crippen molar-refractivity contribution < 1.29 is 12.8 Å². The maximum Gasteiger partial charge on any atom is 0.153 e. The lowest BCUT2D eigenvalue weighted by Gasteiger charge is -2.28. The van der Waals surface area contributed by atoms with Crippen LogP contribution < -0.4 is 4.90 Å². The molecule has 134 valence electrons. The molecule has 1 saturated heterocycles. The molecule has 1 fully saturated rings. The van der Waals surface area contributed by atoms with Crippen molar-refractivity contribution >= 4 is 15.5 Å². The SMILES string of the molecule is O=S1(=O)CCN(c2ccc(-c3cnn(-c4cccc(F)c4)c3)cc2)CC1. The van der Waals surface area contributed by atoms with Crippen molar-refractivity contribution in [1.29, 1.82) is 0 Å². The van der Waals surface area contributed by atoms with Crippen molar-refractivity contribution in [2.75, 3.05) is 29.5 Å². The van der Waals surface area contributed by atoms with Crippen molar-refractivity contribution in [2.24, 2.45) is 0 Å². The second-order valence-corrected chi connectivity index (χ2v) is 8.64. The van der Waals surface area contributed by atoms with Crippen LogP contribution in [-0.2, 0) is 9.84 Å². The zero-order valence-corrected chi connectivity index (χ0v) is 14.9. The first-order chi connectivity index (χ1) is 12.5. The maximum atomic E-state index is 13.4. The van der Waals surface area contributed by atoms with E-state index >= 15 is 0 Å². The van der Waals surface area contributed by atoms with E-state index in [1.54, 1.807) is 23.0 Å². The summed E-state index contributed by atoms with van der Waals surface area (Å²) in [5.41, 5.74) is 3.62. The van der Waals surface area contributed by atoms with Crippen molar-refractivity contribution in [1.82, 2.24) is 9.78 Å². The minimum absolute atomic E-state index is 0.204. The van der Waals surface area contributed by atoms with Gasteiger partial charge in [0, 0.05) is 30.5 Å². The summed E-state index contributed by atoms with van der Waals surface area (Å²) in [4.78, 5) is 2.08. The highest BCUT2D eigenvalue weighted by Crippen LogP contribution is 2.25. The summed E-state index contributed by atoms with van der Waals surface area (Å²) in [5, 5.41) is 4.31. The lowest BCUT2D eigenvalue weighted by Crippen LogP contribution is -2.40. The van der Waals surface area contributed by atoms with Gasteiger partial charge < -0.3 is 4.90 Å². The van der Waals surface area contributed by atoms with Gasteiger partial charge in [0.05, 0.1) is 23.4 Å². The maximum absolute atomic E-state index is 13.4. The predicted octanol–water partition coefficient (Wildman–Crippen LogP) is 2.91. The Morgan fingerprint density at radius 3 is 2.35 bits per heavy atom. The molecule has 0 spiro atoms. The van der Waals surface area contributed by atoms with Crippen LogP contribution in [0.3, 0.4) is 0 Å². The average Bonchev–Trinajstić information content (AvgIpc) is 3.12. The molecule has 0 atom stereocenters. The Balaban J connectivity index is 1.53. The molecule has 0 saturated carbocycles. The molecule has 26 heavy (non-hydrogen) atoms. The van der Waals surface area contributed by atoms with Crippen LogP contribution in [-0.4, -0.2) is 42.8 Å². The number of aromatic nitrogens is 2. The van der Waals surface area contributed by atoms with Gasteiger partial charge in [0.15, 0.2) is 9.84 Å². The number of sulfone groups is 1. The lowest BCUT2D eigenvalue weighted by atomic mass is 10.1. The molecular weight excluding hydrogens is 353 g/mol. The Bertz CT molecular complexity index is 1010. The number of anilines is 1. The van der Waals surface area contributed by atoms with E-state index in [2.05, 4.69) is 10.00 Å². The van der Waals surface area contributed by atoms with E-state index in [0.29, 0.717) is 18.8 Å². The number of hydrogen-bond donors (Lipinski definition) is 0. The molecule has 1 aliphatic rings. The van der Waals surface area contributed by atoms with E-state index in [9.17, 15) is 12.8 Å². The van der Waals surface area contributed by atoms with Crippen molar-refractivity contribution in [2.45, 2.75) is 0 Å². The van der Waals surface area contributed by atoms with E-state index in [1.165, 1.54) is 12.1 Å². The number of nitrogens with zero attached hydrogens (tertiary/aromatic N) is 3. The summed E-state index contributed by atoms with van der Waals surface area (Å²) in [6.45, 7) is 1.05. The quantitative estimate of drug-likeness (QED) is 0.710. The zero-order chi connectivity index (χ0) is 18.1. The van der Waals surface area contributed by atoms with E-state index < -0.39 is 9.84 Å². The fourth-order valence-electron chi connectivity index (χ4n) is 3.07. The highest BCUT2D eigenvalue weighted by molar-refractivity contribution is 7.91. The molecule has 4 rings (SSSR count). The third-order valence-electron chi connectivity index (χ3n) is 4.57. The Labute approximate surface area is 151 Å². The molecule has 0 radical (unpaired) electrons. The smallest absolute Gasteiger partial charge is 0.153 e. The molecule has 5 nitrogen and oxygen atoms in total. The molecule has 0 N–H and O–H groups in total. The fraction of sp³-hybridized carbons (Fsp3) is 0.211. The molecule has 2 aromatic carbocycles. The van der Waals surface area contributed by atoms with Crippen LogP contribution in [0, 0.1) is 5.82 Å². The molecule has 0 bridgehead atoms. The summed E-state index contributed by atoms with van der Waals surface area (Å²) in [7, 11) is -2.88. The van der Waals surface area contributed by atoms with Gasteiger partial charge in [-0.15, -0.1) is 0 Å². The predicted molar refractivity (Wildman–Crippen MR) is 99.8 cm³/mol. The van der Waals surface area contributed by atoms with Gasteiger partial charge in [-0.25, -0.2) is 17.5 Å². The number of hydrogen-bond acceptors (Lipinski definition) is 4. The van der Waals surface area contributed by atoms with Crippen LogP contribution >= 0.6 is 0 Å². The minimum atomic E-state index is -2.88. The van der Waals surface area contributed by atoms with E-state index in [1.807, 2.05) is 30.5 Å². The summed E-state index contributed by atoms with van der Waals surface area (Å²) in [6.07, 6.45) is 3.60. The van der Waals surface area contributed by atoms with E-state index in [-0.39, 0.29) is 17.3 Å². The molecular formula is C19H18FN3O2S. The molecule has 7 heteroatoms. The highest BCUT2D eigenvalue weighted by atomic mass is 32.2. The second kappa shape index (κ2) is 6.57. The van der Waals surface area contributed by atoms with Gasteiger partial charge in [0.25, 0.3) is 0 Å². The largest absolute Gasteiger partial charge is 0.369 e. The van der Waals surface area contributed by atoms with Gasteiger partial charge in [-0.05, 0) is 35.9 Å². The van der Waals surface area contributed by atoms with Gasteiger partial charge in [-0.1, -0.05) is 18.2 Å². The van der Waals surface area contributed by atoms with Crippen molar-refractivity contribution in [3.8, 4) is 16.8 Å². The van der Waals surface area contributed by atoms with Gasteiger partial charge in [0.1, 0.15) is 5.82 Å². The van der Waals surface area contributed by atoms with E-state index in [4.69, 9.17) is 0 Å². The molecule has 0 amide bonds. The van der Waals surface area contributed by atoms with Gasteiger partial charge in [-0.2, -0.15) is 5.10 Å². The Kier molecular flexibility index (Phi) is 4.24. The first-order valence-electron chi connectivity index (χ1n) is 8.37. The molecule has 0 aliphatic carbocycles. The topological polar surface area (TPSA) is 55.2 Å². The molecule has 0 unspecified atom stereocenters. The lowest BCUT2D eigenvalue weighted by molar-refractivity contribution is 0.587. The normalized spacial score (nSPS) is 16.6. The molecule has 3 aromatic rings. The summed E-state index contributed by atoms with van der Waals surface area (Å²) >= 11 is 0. The third-order valence-corrected chi connectivity index (χ3v) is 6.17. The Morgan fingerprint density at radius 2 is 1.65 bits per heavy atom. The van der Waals surface area contributed by atoms with Crippen LogP contribution in [0.2, 0.25) is 0 Å². The minimum Gasteiger partial charge on any atom is -0.369 e. The number of halogens is 1. The second-order valence-electron chi connectivity index (χ2n) is 6.34. The van der Waals surface area contributed by atoms with Crippen LogP contribution in [0.5, 0.6) is 0 Å². The third kappa shape index (κ3) is 3.48. The van der Waals surface area contributed by atoms with Gasteiger partial charge >= 0.3 is 0 Å². The van der Waals surface area contributed by atoms with Crippen LogP contribution in [0.1, 0.15) is 0 Å². The Morgan fingerprint density at radius 1 is 0.923 bits per heavy atom.